The van der Waals surface area contributed by atoms with Gasteiger partial charge in [-0.05, 0) is 18.6 Å². The van der Waals surface area contributed by atoms with Gasteiger partial charge in [0.05, 0.1) is 19.1 Å². The van der Waals surface area contributed by atoms with E-state index >= 15 is 0 Å². The van der Waals surface area contributed by atoms with Gasteiger partial charge in [-0.15, -0.1) is 0 Å². The molecule has 176 valence electrons. The highest BCUT2D eigenvalue weighted by Gasteiger charge is 2.03. The van der Waals surface area contributed by atoms with Crippen molar-refractivity contribution in [1.82, 2.24) is 25.6 Å². The smallest absolute Gasteiger partial charge is 0.188 e. The number of thioether (sulfide) groups is 2. The van der Waals surface area contributed by atoms with E-state index in [0.717, 1.165) is 59.7 Å². The van der Waals surface area contributed by atoms with Crippen LogP contribution >= 0.6 is 23.5 Å². The van der Waals surface area contributed by atoms with Gasteiger partial charge in [-0.3, -0.25) is 15.0 Å². The molecule has 0 atom stereocenters. The molecule has 0 spiro atoms. The van der Waals surface area contributed by atoms with Crippen molar-refractivity contribution in [3.05, 3.63) is 42.2 Å². The van der Waals surface area contributed by atoms with Gasteiger partial charge in [-0.25, -0.2) is 4.98 Å². The van der Waals surface area contributed by atoms with E-state index in [2.05, 4.69) is 35.6 Å². The highest BCUT2D eigenvalue weighted by atomic mass is 32.2. The lowest BCUT2D eigenvalue weighted by Crippen LogP contribution is -2.34. The fraction of sp³-hybridized carbons (Fsp3) is 0.500. The van der Waals surface area contributed by atoms with Crippen molar-refractivity contribution < 1.29 is 4.74 Å². The standard InChI is InChI=1S/C20H33N9OS2/c1-30-18-4-2-5-24-17(18)14-32-11-9-28-20(22)26-7-3-6-25-19(21)27-8-10-31-13-16-12-23-15-29-16/h2,4-5,12,15H,3,6-11,13-14H2,1H3,(H,23,29)(H3,21,25,27)(H3,22,26,28). The van der Waals surface area contributed by atoms with E-state index in [1.165, 1.54) is 0 Å². The molecule has 2 heterocycles. The molecular weight excluding hydrogens is 446 g/mol. The molecule has 0 fully saturated rings. The van der Waals surface area contributed by atoms with Crippen molar-refractivity contribution >= 4 is 35.4 Å². The maximum absolute atomic E-state index is 5.90. The second-order valence-corrected chi connectivity index (χ2v) is 8.79. The summed E-state index contributed by atoms with van der Waals surface area (Å²) in [5.41, 5.74) is 13.8. The third-order valence-electron chi connectivity index (χ3n) is 4.11. The molecular formula is C20H33N9OS2. The topological polar surface area (TPSA) is 152 Å². The number of aromatic amines is 1. The van der Waals surface area contributed by atoms with Gasteiger partial charge >= 0.3 is 0 Å². The number of ether oxygens (including phenoxy) is 1. The maximum atomic E-state index is 5.90. The molecule has 12 heteroatoms. The zero-order valence-electron chi connectivity index (χ0n) is 18.4. The Bertz CT molecular complexity index is 815. The molecule has 2 aromatic heterocycles. The number of nitrogens with two attached hydrogens (primary N) is 2. The van der Waals surface area contributed by atoms with Crippen molar-refractivity contribution in [1.29, 1.82) is 0 Å². The Morgan fingerprint density at radius 1 is 1.09 bits per heavy atom. The summed E-state index contributed by atoms with van der Waals surface area (Å²) in [6.45, 7) is 2.73. The average Bonchev–Trinajstić information content (AvgIpc) is 3.32. The molecule has 0 aliphatic heterocycles. The largest absolute Gasteiger partial charge is 0.495 e. The maximum Gasteiger partial charge on any atom is 0.188 e. The monoisotopic (exact) mass is 479 g/mol. The number of aromatic nitrogens is 3. The molecule has 10 nitrogen and oxygen atoms in total. The molecule has 0 unspecified atom stereocenters. The normalized spacial score (nSPS) is 12.0. The van der Waals surface area contributed by atoms with E-state index in [1.807, 2.05) is 18.3 Å². The molecule has 2 rings (SSSR count). The molecule has 0 saturated heterocycles. The first-order valence-electron chi connectivity index (χ1n) is 10.4. The lowest BCUT2D eigenvalue weighted by molar-refractivity contribution is 0.409. The van der Waals surface area contributed by atoms with Crippen molar-refractivity contribution in [2.45, 2.75) is 17.9 Å². The summed E-state index contributed by atoms with van der Waals surface area (Å²) in [7, 11) is 1.66. The van der Waals surface area contributed by atoms with Crippen molar-refractivity contribution in [3.8, 4) is 5.75 Å². The van der Waals surface area contributed by atoms with Crippen molar-refractivity contribution in [2.24, 2.45) is 21.5 Å². The molecule has 0 amide bonds. The Labute approximate surface area is 197 Å². The van der Waals surface area contributed by atoms with Crippen LogP contribution in [0.15, 0.2) is 40.8 Å². The van der Waals surface area contributed by atoms with Crippen LogP contribution in [0, 0.1) is 0 Å². The van der Waals surface area contributed by atoms with Crippen LogP contribution in [-0.4, -0.2) is 71.7 Å². The number of nitrogens with one attached hydrogen (secondary N) is 3. The van der Waals surface area contributed by atoms with Crippen LogP contribution in [0.1, 0.15) is 17.8 Å². The van der Waals surface area contributed by atoms with E-state index in [4.69, 9.17) is 16.2 Å². The first kappa shape index (κ1) is 25.7. The lowest BCUT2D eigenvalue weighted by atomic mass is 10.3. The molecule has 0 radical (unpaired) electrons. The fourth-order valence-electron chi connectivity index (χ4n) is 2.52. The van der Waals surface area contributed by atoms with Gasteiger partial charge in [0.2, 0.25) is 0 Å². The molecule has 7 N–H and O–H groups in total. The third-order valence-corrected chi connectivity index (χ3v) is 6.08. The van der Waals surface area contributed by atoms with Crippen LogP contribution in [0.2, 0.25) is 0 Å². The lowest BCUT2D eigenvalue weighted by Gasteiger charge is -2.08. The molecule has 2 aromatic rings. The van der Waals surface area contributed by atoms with Crippen LogP contribution in [-0.2, 0) is 11.5 Å². The highest BCUT2D eigenvalue weighted by molar-refractivity contribution is 7.98. The van der Waals surface area contributed by atoms with Gasteiger partial charge in [0.1, 0.15) is 5.75 Å². The van der Waals surface area contributed by atoms with Crippen molar-refractivity contribution in [3.63, 3.8) is 0 Å². The van der Waals surface area contributed by atoms with Gasteiger partial charge in [-0.2, -0.15) is 23.5 Å². The van der Waals surface area contributed by atoms with Gasteiger partial charge in [-0.1, -0.05) is 0 Å². The minimum atomic E-state index is 0.449. The SMILES string of the molecule is COc1cccnc1CSCCNC(N)=NCCCN=C(N)NCCSCc1cnc[nH]1. The van der Waals surface area contributed by atoms with E-state index in [-0.39, 0.29) is 0 Å². The third kappa shape index (κ3) is 11.1. The summed E-state index contributed by atoms with van der Waals surface area (Å²) < 4.78 is 5.31. The molecule has 0 saturated carbocycles. The average molecular weight is 480 g/mol. The zero-order chi connectivity index (χ0) is 22.9. The predicted octanol–water partition coefficient (Wildman–Crippen LogP) is 1.18. The number of H-pyrrole nitrogens is 1. The molecule has 32 heavy (non-hydrogen) atoms. The zero-order valence-corrected chi connectivity index (χ0v) is 20.1. The number of methoxy groups -OCH3 is 1. The minimum Gasteiger partial charge on any atom is -0.495 e. The predicted molar refractivity (Wildman–Crippen MR) is 135 cm³/mol. The number of imidazole rings is 1. The first-order chi connectivity index (χ1) is 15.7. The molecule has 0 bridgehead atoms. The fourth-order valence-corrected chi connectivity index (χ4v) is 4.09. The Kier molecular flexibility index (Phi) is 12.9. The van der Waals surface area contributed by atoms with E-state index in [0.29, 0.717) is 25.0 Å². The second-order valence-electron chi connectivity index (χ2n) is 6.58. The Morgan fingerprint density at radius 3 is 2.41 bits per heavy atom. The summed E-state index contributed by atoms with van der Waals surface area (Å²) in [5.74, 6) is 5.26. The summed E-state index contributed by atoms with van der Waals surface area (Å²) in [6, 6.07) is 3.79. The van der Waals surface area contributed by atoms with Crippen LogP contribution in [0.25, 0.3) is 0 Å². The van der Waals surface area contributed by atoms with Gasteiger partial charge < -0.3 is 31.8 Å². The highest BCUT2D eigenvalue weighted by Crippen LogP contribution is 2.19. The van der Waals surface area contributed by atoms with Crippen LogP contribution in [0.3, 0.4) is 0 Å². The van der Waals surface area contributed by atoms with Gasteiger partial charge in [0.25, 0.3) is 0 Å². The van der Waals surface area contributed by atoms with Gasteiger partial charge in [0.15, 0.2) is 11.9 Å². The number of pyridine rings is 1. The number of aliphatic imine (C=N–C) groups is 2. The molecule has 0 aliphatic rings. The summed E-state index contributed by atoms with van der Waals surface area (Å²) in [6.07, 6.45) is 6.09. The van der Waals surface area contributed by atoms with Crippen LogP contribution in [0.4, 0.5) is 0 Å². The molecule has 0 aliphatic carbocycles. The number of hydrogen-bond acceptors (Lipinski definition) is 7. The first-order valence-corrected chi connectivity index (χ1v) is 12.7. The minimum absolute atomic E-state index is 0.449. The Morgan fingerprint density at radius 2 is 1.78 bits per heavy atom. The quantitative estimate of drug-likeness (QED) is 0.144. The van der Waals surface area contributed by atoms with Gasteiger partial charge in [0, 0.05) is 67.3 Å². The summed E-state index contributed by atoms with van der Waals surface area (Å²) >= 11 is 3.57. The van der Waals surface area contributed by atoms with Crippen LogP contribution in [0.5, 0.6) is 5.75 Å². The number of nitrogens with zero attached hydrogens (tertiary/aromatic N) is 4. The Hall–Kier alpha value is -2.60. The second kappa shape index (κ2) is 16.1. The van der Waals surface area contributed by atoms with E-state index in [9.17, 15) is 0 Å². The van der Waals surface area contributed by atoms with E-state index in [1.54, 1.807) is 43.2 Å². The number of hydrogen-bond donors (Lipinski definition) is 5. The molecule has 0 aromatic carbocycles. The number of guanidine groups is 2. The summed E-state index contributed by atoms with van der Waals surface area (Å²) in [5, 5.41) is 6.24. The van der Waals surface area contributed by atoms with Crippen LogP contribution < -0.4 is 26.8 Å². The summed E-state index contributed by atoms with van der Waals surface area (Å²) in [4.78, 5) is 20.0. The van der Waals surface area contributed by atoms with E-state index < -0.39 is 0 Å². The van der Waals surface area contributed by atoms with Crippen molar-refractivity contribution in [2.75, 3.05) is 44.8 Å². The number of rotatable bonds is 15. The Balaban J connectivity index is 1.45.